The number of methoxy groups -OCH3 is 1. The minimum atomic E-state index is -1.19. The van der Waals surface area contributed by atoms with Crippen LogP contribution in [0.1, 0.15) is 51.7 Å². The molecule has 1 fully saturated rings. The van der Waals surface area contributed by atoms with E-state index in [0.29, 0.717) is 0 Å². The van der Waals surface area contributed by atoms with Crippen molar-refractivity contribution in [1.29, 1.82) is 0 Å². The molecule has 9 heteroatoms. The van der Waals surface area contributed by atoms with Gasteiger partial charge in [-0.15, -0.1) is 0 Å². The molecule has 4 rings (SSSR count). The van der Waals surface area contributed by atoms with Gasteiger partial charge in [0, 0.05) is 5.92 Å². The zero-order chi connectivity index (χ0) is 27.0. The van der Waals surface area contributed by atoms with Crippen molar-refractivity contribution in [3.63, 3.8) is 0 Å². The predicted octanol–water partition coefficient (Wildman–Crippen LogP) is 4.44. The van der Waals surface area contributed by atoms with Crippen LogP contribution in [0.2, 0.25) is 0 Å². The van der Waals surface area contributed by atoms with Crippen molar-refractivity contribution in [2.75, 3.05) is 20.3 Å². The number of fused-ring (bicyclic) bond motifs is 3. The summed E-state index contributed by atoms with van der Waals surface area (Å²) in [6.45, 7) is 8.80. The number of carbonyl (C=O) groups excluding carboxylic acids is 3. The molecule has 0 spiro atoms. The summed E-state index contributed by atoms with van der Waals surface area (Å²) in [5.41, 5.74) is 2.62. The number of hydrogen-bond acceptors (Lipinski definition) is 7. The van der Waals surface area contributed by atoms with Gasteiger partial charge in [-0.2, -0.15) is 0 Å². The lowest BCUT2D eigenvalue weighted by molar-refractivity contribution is -0.149. The first-order chi connectivity index (χ1) is 17.4. The van der Waals surface area contributed by atoms with Crippen molar-refractivity contribution in [2.45, 2.75) is 64.0 Å². The molecule has 1 aliphatic carbocycles. The second-order valence-corrected chi connectivity index (χ2v) is 10.7. The summed E-state index contributed by atoms with van der Waals surface area (Å²) in [4.78, 5) is 39.6. The molecule has 1 N–H and O–H groups in total. The average molecular weight is 511 g/mol. The van der Waals surface area contributed by atoms with Gasteiger partial charge in [-0.05, 0) is 56.9 Å². The van der Waals surface area contributed by atoms with Crippen LogP contribution in [0.15, 0.2) is 48.5 Å². The second-order valence-electron chi connectivity index (χ2n) is 10.7. The molecule has 2 aliphatic rings. The molecule has 9 nitrogen and oxygen atoms in total. The number of benzene rings is 2. The highest BCUT2D eigenvalue weighted by molar-refractivity contribution is 5.83. The van der Waals surface area contributed by atoms with Gasteiger partial charge in [-0.3, -0.25) is 4.90 Å². The quantitative estimate of drug-likeness (QED) is 0.469. The van der Waals surface area contributed by atoms with E-state index in [2.05, 4.69) is 17.4 Å². The summed E-state index contributed by atoms with van der Waals surface area (Å²) in [6, 6.07) is 14.9. The Hall–Kier alpha value is -3.59. The lowest BCUT2D eigenvalue weighted by atomic mass is 9.98. The van der Waals surface area contributed by atoms with E-state index in [4.69, 9.17) is 18.9 Å². The molecule has 2 aromatic rings. The number of amides is 2. The number of esters is 1. The summed E-state index contributed by atoms with van der Waals surface area (Å²) in [5.74, 6) is -0.834. The third kappa shape index (κ3) is 5.56. The molecule has 2 atom stereocenters. The molecule has 1 aliphatic heterocycles. The van der Waals surface area contributed by atoms with E-state index in [1.54, 1.807) is 34.6 Å². The molecular weight excluding hydrogens is 476 g/mol. The Labute approximate surface area is 217 Å². The van der Waals surface area contributed by atoms with Gasteiger partial charge in [-0.1, -0.05) is 48.5 Å². The normalized spacial score (nSPS) is 19.0. The third-order valence-electron chi connectivity index (χ3n) is 6.51. The molecule has 198 valence electrons. The standard InChI is InChI=1S/C28H34N2O7/c1-27(2,3)37-26(33)30-15-22(36-28(30,4)5)23(24(31)34-6)29-25(32)35-16-21-19-13-9-7-11-17(19)18-12-8-10-14-20(18)21/h7-14,21-23H,15-16H2,1-6H3,(H,29,32)/t22-,23-/m1/s1. The molecule has 0 bridgehead atoms. The van der Waals surface area contributed by atoms with E-state index in [1.165, 1.54) is 12.0 Å². The smallest absolute Gasteiger partial charge is 0.412 e. The van der Waals surface area contributed by atoms with Crippen LogP contribution >= 0.6 is 0 Å². The Morgan fingerprint density at radius 2 is 1.62 bits per heavy atom. The third-order valence-corrected chi connectivity index (χ3v) is 6.51. The van der Waals surface area contributed by atoms with Crippen LogP contribution in [0.25, 0.3) is 11.1 Å². The zero-order valence-electron chi connectivity index (χ0n) is 22.1. The highest BCUT2D eigenvalue weighted by atomic mass is 16.6. The Morgan fingerprint density at radius 1 is 1.05 bits per heavy atom. The van der Waals surface area contributed by atoms with Crippen molar-refractivity contribution in [1.82, 2.24) is 10.2 Å². The van der Waals surface area contributed by atoms with E-state index < -0.39 is 41.6 Å². The van der Waals surface area contributed by atoms with Crippen molar-refractivity contribution >= 4 is 18.2 Å². The fourth-order valence-electron chi connectivity index (χ4n) is 4.85. The number of nitrogens with zero attached hydrogens (tertiary/aromatic N) is 1. The first kappa shape index (κ1) is 26.5. The number of nitrogens with one attached hydrogen (secondary N) is 1. The van der Waals surface area contributed by atoms with Crippen LogP contribution in [-0.2, 0) is 23.7 Å². The topological polar surface area (TPSA) is 103 Å². The Morgan fingerprint density at radius 3 is 2.16 bits per heavy atom. The first-order valence-corrected chi connectivity index (χ1v) is 12.3. The maximum absolute atomic E-state index is 12.9. The van der Waals surface area contributed by atoms with Gasteiger partial charge in [-0.25, -0.2) is 14.4 Å². The summed E-state index contributed by atoms with van der Waals surface area (Å²) in [5, 5.41) is 2.59. The largest absolute Gasteiger partial charge is 0.467 e. The van der Waals surface area contributed by atoms with Crippen LogP contribution in [0, 0.1) is 0 Å². The fourth-order valence-corrected chi connectivity index (χ4v) is 4.85. The van der Waals surface area contributed by atoms with E-state index in [1.807, 2.05) is 36.4 Å². The Kier molecular flexibility index (Phi) is 7.19. The van der Waals surface area contributed by atoms with Crippen LogP contribution in [-0.4, -0.2) is 66.8 Å². The SMILES string of the molecule is COC(=O)[C@H](NC(=O)OCC1c2ccccc2-c2ccccc21)[C@H]1CN(C(=O)OC(C)(C)C)C(C)(C)O1. The van der Waals surface area contributed by atoms with Crippen molar-refractivity contribution in [3.05, 3.63) is 59.7 Å². The maximum atomic E-state index is 12.9. The molecule has 0 saturated carbocycles. The summed E-state index contributed by atoms with van der Waals surface area (Å²) in [6.07, 6.45) is -2.23. The number of ether oxygens (including phenoxy) is 4. The highest BCUT2D eigenvalue weighted by Gasteiger charge is 2.49. The number of carbonyl (C=O) groups is 3. The monoisotopic (exact) mass is 510 g/mol. The summed E-state index contributed by atoms with van der Waals surface area (Å²) in [7, 11) is 1.22. The van der Waals surface area contributed by atoms with E-state index in [0.717, 1.165) is 22.3 Å². The van der Waals surface area contributed by atoms with Crippen molar-refractivity contribution in [3.8, 4) is 11.1 Å². The Bertz CT molecular complexity index is 1140. The van der Waals surface area contributed by atoms with Gasteiger partial charge in [0.2, 0.25) is 0 Å². The van der Waals surface area contributed by atoms with E-state index in [-0.39, 0.29) is 19.1 Å². The maximum Gasteiger partial charge on any atom is 0.412 e. The average Bonchev–Trinajstić information content (AvgIpc) is 3.33. The van der Waals surface area contributed by atoms with Gasteiger partial charge in [0.05, 0.1) is 13.7 Å². The van der Waals surface area contributed by atoms with Crippen molar-refractivity contribution in [2.24, 2.45) is 0 Å². The predicted molar refractivity (Wildman–Crippen MR) is 136 cm³/mol. The molecule has 0 aromatic heterocycles. The van der Waals surface area contributed by atoms with Gasteiger partial charge in [0.25, 0.3) is 0 Å². The summed E-state index contributed by atoms with van der Waals surface area (Å²) < 4.78 is 22.0. The van der Waals surface area contributed by atoms with Crippen LogP contribution in [0.4, 0.5) is 9.59 Å². The fraction of sp³-hybridized carbons (Fsp3) is 0.464. The minimum absolute atomic E-state index is 0.0192. The molecule has 1 heterocycles. The number of alkyl carbamates (subject to hydrolysis) is 1. The van der Waals surface area contributed by atoms with E-state index >= 15 is 0 Å². The molecule has 0 radical (unpaired) electrons. The first-order valence-electron chi connectivity index (χ1n) is 12.3. The Balaban J connectivity index is 1.45. The molecule has 37 heavy (non-hydrogen) atoms. The lowest BCUT2D eigenvalue weighted by Gasteiger charge is -2.31. The molecule has 2 amide bonds. The lowest BCUT2D eigenvalue weighted by Crippen LogP contribution is -2.51. The van der Waals surface area contributed by atoms with Gasteiger partial charge in [0.15, 0.2) is 6.04 Å². The zero-order valence-corrected chi connectivity index (χ0v) is 22.1. The molecule has 2 aromatic carbocycles. The number of rotatable bonds is 5. The highest BCUT2D eigenvalue weighted by Crippen LogP contribution is 2.44. The van der Waals surface area contributed by atoms with Crippen LogP contribution < -0.4 is 5.32 Å². The van der Waals surface area contributed by atoms with Gasteiger partial charge >= 0.3 is 18.2 Å². The summed E-state index contributed by atoms with van der Waals surface area (Å²) >= 11 is 0. The van der Waals surface area contributed by atoms with Crippen LogP contribution in [0.3, 0.4) is 0 Å². The van der Waals surface area contributed by atoms with Gasteiger partial charge < -0.3 is 24.3 Å². The molecular formula is C28H34N2O7. The van der Waals surface area contributed by atoms with Gasteiger partial charge in [0.1, 0.15) is 24.0 Å². The minimum Gasteiger partial charge on any atom is -0.467 e. The molecule has 0 unspecified atom stereocenters. The van der Waals surface area contributed by atoms with Crippen LogP contribution in [0.5, 0.6) is 0 Å². The van der Waals surface area contributed by atoms with E-state index in [9.17, 15) is 14.4 Å². The second kappa shape index (κ2) is 10.0. The van der Waals surface area contributed by atoms with Crippen molar-refractivity contribution < 1.29 is 33.3 Å². The molecule has 1 saturated heterocycles. The number of hydrogen-bond donors (Lipinski definition) is 1.